The van der Waals surface area contributed by atoms with E-state index < -0.39 is 0 Å². The number of hydrogen-bond acceptors (Lipinski definition) is 3. The third-order valence-electron chi connectivity index (χ3n) is 4.12. The summed E-state index contributed by atoms with van der Waals surface area (Å²) in [5.41, 5.74) is 3.67. The van der Waals surface area contributed by atoms with Crippen LogP contribution in [0.25, 0.3) is 0 Å². The summed E-state index contributed by atoms with van der Waals surface area (Å²) in [6.07, 6.45) is 2.64. The van der Waals surface area contributed by atoms with Crippen molar-refractivity contribution in [2.45, 2.75) is 33.2 Å². The molecule has 1 atom stereocenters. The minimum Gasteiger partial charge on any atom is -0.384 e. The molecule has 1 aliphatic rings. The molecule has 2 heterocycles. The highest BCUT2D eigenvalue weighted by atomic mass is 16.2. The van der Waals surface area contributed by atoms with E-state index in [1.54, 1.807) is 12.3 Å². The van der Waals surface area contributed by atoms with Gasteiger partial charge in [-0.15, -0.1) is 0 Å². The largest absolute Gasteiger partial charge is 0.384 e. The van der Waals surface area contributed by atoms with Crippen molar-refractivity contribution in [2.24, 2.45) is 5.92 Å². The molecule has 1 N–H and O–H groups in total. The standard InChI is InChI=1S/C19H23N3O/c1-13(2)11-20-16-8-9-17(21-12-16)19(23)22-14(3)10-15-6-4-5-7-18(15)22/h4-9,12-14,20H,10-11H2,1-3H3. The summed E-state index contributed by atoms with van der Waals surface area (Å²) in [6, 6.07) is 12.0. The molecule has 1 unspecified atom stereocenters. The number of hydrogen-bond donors (Lipinski definition) is 1. The molecule has 4 heteroatoms. The SMILES string of the molecule is CC(C)CNc1ccc(C(=O)N2c3ccccc3CC2C)nc1. The molecule has 23 heavy (non-hydrogen) atoms. The highest BCUT2D eigenvalue weighted by molar-refractivity contribution is 6.06. The van der Waals surface area contributed by atoms with Crippen molar-refractivity contribution < 1.29 is 4.79 Å². The van der Waals surface area contributed by atoms with Gasteiger partial charge in [-0.2, -0.15) is 0 Å². The molecule has 0 bridgehead atoms. The van der Waals surface area contributed by atoms with E-state index in [-0.39, 0.29) is 11.9 Å². The van der Waals surface area contributed by atoms with Crippen molar-refractivity contribution >= 4 is 17.3 Å². The maximum atomic E-state index is 12.8. The number of carbonyl (C=O) groups excluding carboxylic acids is 1. The first-order valence-electron chi connectivity index (χ1n) is 8.17. The van der Waals surface area contributed by atoms with Crippen molar-refractivity contribution in [1.82, 2.24) is 4.98 Å². The molecule has 0 spiro atoms. The maximum absolute atomic E-state index is 12.8. The Balaban J connectivity index is 1.78. The molecule has 120 valence electrons. The van der Waals surface area contributed by atoms with Crippen LogP contribution in [-0.4, -0.2) is 23.5 Å². The van der Waals surface area contributed by atoms with Crippen LogP contribution in [0.5, 0.6) is 0 Å². The van der Waals surface area contributed by atoms with Gasteiger partial charge in [-0.05, 0) is 43.0 Å². The zero-order valence-electron chi connectivity index (χ0n) is 13.9. The smallest absolute Gasteiger partial charge is 0.277 e. The molecule has 2 aromatic rings. The molecule has 3 rings (SSSR count). The number of carbonyl (C=O) groups is 1. The third-order valence-corrected chi connectivity index (χ3v) is 4.12. The van der Waals surface area contributed by atoms with E-state index in [9.17, 15) is 4.79 Å². The highest BCUT2D eigenvalue weighted by Crippen LogP contribution is 2.32. The molecular formula is C19H23N3O. The predicted octanol–water partition coefficient (Wildman–Crippen LogP) is 3.74. The van der Waals surface area contributed by atoms with Gasteiger partial charge in [0.2, 0.25) is 0 Å². The van der Waals surface area contributed by atoms with Crippen LogP contribution in [-0.2, 0) is 6.42 Å². The zero-order valence-corrected chi connectivity index (χ0v) is 13.9. The van der Waals surface area contributed by atoms with Crippen LogP contribution in [0, 0.1) is 5.92 Å². The zero-order chi connectivity index (χ0) is 16.4. The van der Waals surface area contributed by atoms with E-state index in [0.717, 1.165) is 24.3 Å². The molecule has 0 fully saturated rings. The van der Waals surface area contributed by atoms with Gasteiger partial charge in [0.1, 0.15) is 5.69 Å². The number of nitrogens with one attached hydrogen (secondary N) is 1. The van der Waals surface area contributed by atoms with Gasteiger partial charge < -0.3 is 10.2 Å². The van der Waals surface area contributed by atoms with Crippen molar-refractivity contribution in [2.75, 3.05) is 16.8 Å². The van der Waals surface area contributed by atoms with Crippen LogP contribution in [0.3, 0.4) is 0 Å². The number of rotatable bonds is 4. The van der Waals surface area contributed by atoms with Crippen LogP contribution < -0.4 is 10.2 Å². The first kappa shape index (κ1) is 15.5. The second kappa shape index (κ2) is 6.41. The van der Waals surface area contributed by atoms with Gasteiger partial charge in [-0.3, -0.25) is 4.79 Å². The van der Waals surface area contributed by atoms with E-state index in [4.69, 9.17) is 0 Å². The summed E-state index contributed by atoms with van der Waals surface area (Å²) in [5, 5.41) is 3.32. The van der Waals surface area contributed by atoms with Crippen LogP contribution in [0.15, 0.2) is 42.6 Å². The number of para-hydroxylation sites is 1. The number of anilines is 2. The fraction of sp³-hybridized carbons (Fsp3) is 0.368. The molecule has 1 aromatic carbocycles. The second-order valence-corrected chi connectivity index (χ2v) is 6.56. The quantitative estimate of drug-likeness (QED) is 0.935. The molecule has 1 aliphatic heterocycles. The number of aromatic nitrogens is 1. The van der Waals surface area contributed by atoms with Crippen molar-refractivity contribution in [3.8, 4) is 0 Å². The monoisotopic (exact) mass is 309 g/mol. The predicted molar refractivity (Wildman–Crippen MR) is 94.0 cm³/mol. The molecule has 0 aliphatic carbocycles. The normalized spacial score (nSPS) is 16.5. The molecule has 0 saturated heterocycles. The summed E-state index contributed by atoms with van der Waals surface area (Å²) < 4.78 is 0. The average Bonchev–Trinajstić information content (AvgIpc) is 2.88. The first-order chi connectivity index (χ1) is 11.1. The van der Waals surface area contributed by atoms with E-state index in [0.29, 0.717) is 11.6 Å². The van der Waals surface area contributed by atoms with Gasteiger partial charge in [0.15, 0.2) is 0 Å². The van der Waals surface area contributed by atoms with Gasteiger partial charge in [0.05, 0.1) is 11.9 Å². The highest BCUT2D eigenvalue weighted by Gasteiger charge is 2.31. The number of benzene rings is 1. The Hall–Kier alpha value is -2.36. The molecule has 4 nitrogen and oxygen atoms in total. The van der Waals surface area contributed by atoms with E-state index in [1.807, 2.05) is 29.2 Å². The van der Waals surface area contributed by atoms with Gasteiger partial charge in [-0.25, -0.2) is 4.98 Å². The lowest BCUT2D eigenvalue weighted by atomic mass is 10.1. The second-order valence-electron chi connectivity index (χ2n) is 6.56. The van der Waals surface area contributed by atoms with Gasteiger partial charge in [-0.1, -0.05) is 32.0 Å². The summed E-state index contributed by atoms with van der Waals surface area (Å²) in [5.74, 6) is 0.538. The summed E-state index contributed by atoms with van der Waals surface area (Å²) >= 11 is 0. The third kappa shape index (κ3) is 3.21. The topological polar surface area (TPSA) is 45.2 Å². The Morgan fingerprint density at radius 3 is 2.78 bits per heavy atom. The minimum absolute atomic E-state index is 0.0298. The number of amides is 1. The van der Waals surface area contributed by atoms with E-state index >= 15 is 0 Å². The van der Waals surface area contributed by atoms with Crippen LogP contribution in [0.1, 0.15) is 36.8 Å². The average molecular weight is 309 g/mol. The summed E-state index contributed by atoms with van der Waals surface area (Å²) in [7, 11) is 0. The lowest BCUT2D eigenvalue weighted by Gasteiger charge is -2.22. The van der Waals surface area contributed by atoms with Crippen molar-refractivity contribution in [1.29, 1.82) is 0 Å². The molecule has 0 saturated carbocycles. The Morgan fingerprint density at radius 2 is 2.09 bits per heavy atom. The minimum atomic E-state index is -0.0298. The Kier molecular flexibility index (Phi) is 4.33. The Bertz CT molecular complexity index is 694. The summed E-state index contributed by atoms with van der Waals surface area (Å²) in [6.45, 7) is 7.29. The van der Waals surface area contributed by atoms with Crippen LogP contribution in [0.2, 0.25) is 0 Å². The first-order valence-corrected chi connectivity index (χ1v) is 8.17. The lowest BCUT2D eigenvalue weighted by molar-refractivity contribution is 0.0976. The molecule has 1 aromatic heterocycles. The summed E-state index contributed by atoms with van der Waals surface area (Å²) in [4.78, 5) is 19.1. The number of pyridine rings is 1. The van der Waals surface area contributed by atoms with Gasteiger partial charge in [0, 0.05) is 18.3 Å². The Labute approximate surface area is 137 Å². The fourth-order valence-electron chi connectivity index (χ4n) is 2.95. The molecule has 1 amide bonds. The molecule has 0 radical (unpaired) electrons. The number of fused-ring (bicyclic) bond motifs is 1. The lowest BCUT2D eigenvalue weighted by Crippen LogP contribution is -2.36. The van der Waals surface area contributed by atoms with E-state index in [2.05, 4.69) is 37.1 Å². The fourth-order valence-corrected chi connectivity index (χ4v) is 2.95. The van der Waals surface area contributed by atoms with Gasteiger partial charge >= 0.3 is 0 Å². The number of nitrogens with zero attached hydrogens (tertiary/aromatic N) is 2. The van der Waals surface area contributed by atoms with Crippen molar-refractivity contribution in [3.63, 3.8) is 0 Å². The maximum Gasteiger partial charge on any atom is 0.277 e. The molecular weight excluding hydrogens is 286 g/mol. The van der Waals surface area contributed by atoms with Gasteiger partial charge in [0.25, 0.3) is 5.91 Å². The van der Waals surface area contributed by atoms with Crippen molar-refractivity contribution in [3.05, 3.63) is 53.9 Å². The Morgan fingerprint density at radius 1 is 1.30 bits per heavy atom. The van der Waals surface area contributed by atoms with Crippen LogP contribution in [0.4, 0.5) is 11.4 Å². The van der Waals surface area contributed by atoms with Crippen LogP contribution >= 0.6 is 0 Å². The van der Waals surface area contributed by atoms with E-state index in [1.165, 1.54) is 5.56 Å².